The van der Waals surface area contributed by atoms with E-state index in [1.165, 1.54) is 5.56 Å². The molecule has 1 aromatic carbocycles. The molecule has 0 saturated heterocycles. The molecule has 0 aliphatic heterocycles. The monoisotopic (exact) mass is 289 g/mol. The van der Waals surface area contributed by atoms with Crippen LogP contribution in [0.3, 0.4) is 0 Å². The van der Waals surface area contributed by atoms with Crippen LogP contribution in [-0.2, 0) is 13.0 Å². The smallest absolute Gasteiger partial charge is 0.214 e. The average molecular weight is 290 g/mol. The molecule has 0 N–H and O–H groups in total. The first-order valence-electron chi connectivity index (χ1n) is 6.61. The van der Waals surface area contributed by atoms with Crippen LogP contribution in [0.5, 0.6) is 0 Å². The summed E-state index contributed by atoms with van der Waals surface area (Å²) in [7, 11) is 0. The Labute approximate surface area is 122 Å². The summed E-state index contributed by atoms with van der Waals surface area (Å²) in [6.45, 7) is 4.55. The van der Waals surface area contributed by atoms with Gasteiger partial charge >= 0.3 is 0 Å². The van der Waals surface area contributed by atoms with Gasteiger partial charge < -0.3 is 8.98 Å². The van der Waals surface area contributed by atoms with Crippen molar-refractivity contribution in [1.82, 2.24) is 14.5 Å². The van der Waals surface area contributed by atoms with Crippen LogP contribution in [0.4, 0.5) is 0 Å². The number of benzene rings is 1. The topological polar surface area (TPSA) is 43.9 Å². The lowest BCUT2D eigenvalue weighted by molar-refractivity contribution is 0.456. The lowest BCUT2D eigenvalue weighted by Gasteiger charge is -2.05. The van der Waals surface area contributed by atoms with Crippen LogP contribution < -0.4 is 0 Å². The molecule has 5 heteroatoms. The minimum absolute atomic E-state index is 0.549. The molecular formula is C15H16ClN3O. The molecule has 0 atom stereocenters. The molecule has 4 nitrogen and oxygen atoms in total. The maximum Gasteiger partial charge on any atom is 0.214 e. The molecule has 0 bridgehead atoms. The molecule has 0 fully saturated rings. The molecule has 0 spiro atoms. The lowest BCUT2D eigenvalue weighted by atomic mass is 10.2. The number of aryl methyl sites for hydroxylation is 3. The van der Waals surface area contributed by atoms with E-state index in [-0.39, 0.29) is 0 Å². The first-order valence-corrected chi connectivity index (χ1v) is 7.14. The number of halogens is 1. The molecule has 20 heavy (non-hydrogen) atoms. The summed E-state index contributed by atoms with van der Waals surface area (Å²) in [6, 6.07) is 6.18. The number of nitrogens with zero attached hydrogens (tertiary/aromatic N) is 3. The van der Waals surface area contributed by atoms with E-state index >= 15 is 0 Å². The number of alkyl halides is 1. The van der Waals surface area contributed by atoms with E-state index in [2.05, 4.69) is 28.6 Å². The van der Waals surface area contributed by atoms with E-state index in [1.807, 2.05) is 13.0 Å². The second-order valence-electron chi connectivity index (χ2n) is 4.86. The Balaban J connectivity index is 2.11. The summed E-state index contributed by atoms with van der Waals surface area (Å²) in [5.41, 5.74) is 3.29. The summed E-state index contributed by atoms with van der Waals surface area (Å²) in [5.74, 6) is 3.03. The lowest BCUT2D eigenvalue weighted by Crippen LogP contribution is -2.06. The van der Waals surface area contributed by atoms with Crippen molar-refractivity contribution >= 4 is 22.6 Å². The summed E-state index contributed by atoms with van der Waals surface area (Å²) in [5, 5.41) is 0. The predicted molar refractivity (Wildman–Crippen MR) is 79.2 cm³/mol. The SMILES string of the molecule is Cc1cnc(Cn2c(CCCl)nc3c(C)cccc32)o1. The third-order valence-electron chi connectivity index (χ3n) is 3.34. The molecule has 2 aromatic heterocycles. The molecule has 3 rings (SSSR count). The Morgan fingerprint density at radius 3 is 2.85 bits per heavy atom. The molecule has 2 heterocycles. The van der Waals surface area contributed by atoms with Gasteiger partial charge in [0.05, 0.1) is 17.2 Å². The van der Waals surface area contributed by atoms with Crippen LogP contribution in [0.25, 0.3) is 11.0 Å². The molecule has 0 amide bonds. The Morgan fingerprint density at radius 1 is 1.30 bits per heavy atom. The van der Waals surface area contributed by atoms with E-state index in [1.54, 1.807) is 6.20 Å². The summed E-state index contributed by atoms with van der Waals surface area (Å²) >= 11 is 5.89. The summed E-state index contributed by atoms with van der Waals surface area (Å²) < 4.78 is 7.71. The number of para-hydroxylation sites is 1. The van der Waals surface area contributed by atoms with Gasteiger partial charge in [-0.25, -0.2) is 9.97 Å². The third kappa shape index (κ3) is 2.31. The van der Waals surface area contributed by atoms with Crippen molar-refractivity contribution in [1.29, 1.82) is 0 Å². The maximum atomic E-state index is 5.89. The van der Waals surface area contributed by atoms with Crippen molar-refractivity contribution in [2.45, 2.75) is 26.8 Å². The van der Waals surface area contributed by atoms with Crippen LogP contribution in [0.1, 0.15) is 23.0 Å². The predicted octanol–water partition coefficient (Wildman–Crippen LogP) is 3.47. The average Bonchev–Trinajstić information content (AvgIpc) is 2.97. The third-order valence-corrected chi connectivity index (χ3v) is 3.53. The van der Waals surface area contributed by atoms with Gasteiger partial charge in [0.1, 0.15) is 18.1 Å². The fourth-order valence-electron chi connectivity index (χ4n) is 2.40. The van der Waals surface area contributed by atoms with Gasteiger partial charge in [0.2, 0.25) is 5.89 Å². The molecule has 0 saturated carbocycles. The van der Waals surface area contributed by atoms with Crippen LogP contribution >= 0.6 is 11.6 Å². The Bertz CT molecular complexity index is 745. The van der Waals surface area contributed by atoms with Gasteiger partial charge in [-0.2, -0.15) is 0 Å². The molecular weight excluding hydrogens is 274 g/mol. The van der Waals surface area contributed by atoms with Gasteiger partial charge in [0.25, 0.3) is 0 Å². The minimum atomic E-state index is 0.549. The van der Waals surface area contributed by atoms with Crippen molar-refractivity contribution < 1.29 is 4.42 Å². The van der Waals surface area contributed by atoms with E-state index < -0.39 is 0 Å². The zero-order valence-electron chi connectivity index (χ0n) is 11.6. The standard InChI is InChI=1S/C15H16ClN3O/c1-10-4-3-5-12-15(10)18-13(6-7-16)19(12)9-14-17-8-11(2)20-14/h3-5,8H,6-7,9H2,1-2H3. The van der Waals surface area contributed by atoms with Crippen molar-refractivity contribution in [2.75, 3.05) is 5.88 Å². The summed E-state index contributed by atoms with van der Waals surface area (Å²) in [4.78, 5) is 8.99. The normalized spacial score (nSPS) is 11.3. The minimum Gasteiger partial charge on any atom is -0.444 e. The van der Waals surface area contributed by atoms with E-state index in [0.29, 0.717) is 18.3 Å². The quantitative estimate of drug-likeness (QED) is 0.691. The van der Waals surface area contributed by atoms with E-state index in [0.717, 1.165) is 29.0 Å². The molecule has 0 unspecified atom stereocenters. The fourth-order valence-corrected chi connectivity index (χ4v) is 2.57. The van der Waals surface area contributed by atoms with Crippen LogP contribution in [0, 0.1) is 13.8 Å². The van der Waals surface area contributed by atoms with Crippen LogP contribution in [-0.4, -0.2) is 20.4 Å². The number of hydrogen-bond acceptors (Lipinski definition) is 3. The Morgan fingerprint density at radius 2 is 2.15 bits per heavy atom. The van der Waals surface area contributed by atoms with Crippen molar-refractivity contribution in [2.24, 2.45) is 0 Å². The second kappa shape index (κ2) is 5.29. The molecule has 0 radical (unpaired) electrons. The zero-order chi connectivity index (χ0) is 14.1. The first kappa shape index (κ1) is 13.2. The zero-order valence-corrected chi connectivity index (χ0v) is 12.3. The molecule has 0 aliphatic rings. The highest BCUT2D eigenvalue weighted by Crippen LogP contribution is 2.21. The fraction of sp³-hybridized carbons (Fsp3) is 0.333. The number of imidazole rings is 1. The Kier molecular flexibility index (Phi) is 3.49. The number of oxazole rings is 1. The number of rotatable bonds is 4. The van der Waals surface area contributed by atoms with Gasteiger partial charge in [-0.1, -0.05) is 12.1 Å². The molecule has 3 aromatic rings. The van der Waals surface area contributed by atoms with E-state index in [9.17, 15) is 0 Å². The van der Waals surface area contributed by atoms with E-state index in [4.69, 9.17) is 21.0 Å². The Hall–Kier alpha value is -1.81. The van der Waals surface area contributed by atoms with Crippen molar-refractivity contribution in [3.05, 3.63) is 47.4 Å². The highest BCUT2D eigenvalue weighted by Gasteiger charge is 2.13. The second-order valence-corrected chi connectivity index (χ2v) is 5.24. The number of fused-ring (bicyclic) bond motifs is 1. The van der Waals surface area contributed by atoms with Crippen molar-refractivity contribution in [3.63, 3.8) is 0 Å². The highest BCUT2D eigenvalue weighted by atomic mass is 35.5. The maximum absolute atomic E-state index is 5.89. The van der Waals surface area contributed by atoms with Crippen LogP contribution in [0.15, 0.2) is 28.8 Å². The summed E-state index contributed by atoms with van der Waals surface area (Å²) in [6.07, 6.45) is 2.47. The van der Waals surface area contributed by atoms with Gasteiger partial charge in [-0.15, -0.1) is 11.6 Å². The largest absolute Gasteiger partial charge is 0.444 e. The van der Waals surface area contributed by atoms with Gasteiger partial charge in [-0.3, -0.25) is 0 Å². The van der Waals surface area contributed by atoms with Crippen molar-refractivity contribution in [3.8, 4) is 0 Å². The van der Waals surface area contributed by atoms with Gasteiger partial charge in [0.15, 0.2) is 0 Å². The molecule has 0 aliphatic carbocycles. The highest BCUT2D eigenvalue weighted by molar-refractivity contribution is 6.17. The number of aromatic nitrogens is 3. The van der Waals surface area contributed by atoms with Gasteiger partial charge in [0, 0.05) is 12.3 Å². The number of hydrogen-bond donors (Lipinski definition) is 0. The molecule has 104 valence electrons. The van der Waals surface area contributed by atoms with Crippen LogP contribution in [0.2, 0.25) is 0 Å². The van der Waals surface area contributed by atoms with Gasteiger partial charge in [-0.05, 0) is 25.5 Å². The first-order chi connectivity index (χ1) is 9.69.